The molecule has 1 aromatic carbocycles. The van der Waals surface area contributed by atoms with Crippen LogP contribution in [-0.2, 0) is 11.3 Å². The molecule has 0 aliphatic heterocycles. The van der Waals surface area contributed by atoms with E-state index in [0.717, 1.165) is 11.4 Å². The van der Waals surface area contributed by atoms with Crippen molar-refractivity contribution < 1.29 is 13.9 Å². The van der Waals surface area contributed by atoms with Gasteiger partial charge in [0.1, 0.15) is 6.54 Å². The van der Waals surface area contributed by atoms with Gasteiger partial charge in [-0.05, 0) is 43.7 Å². The van der Waals surface area contributed by atoms with Crippen LogP contribution >= 0.6 is 0 Å². The Balaban J connectivity index is 1.93. The van der Waals surface area contributed by atoms with Crippen LogP contribution < -0.4 is 10.2 Å². The Kier molecular flexibility index (Phi) is 4.88. The second kappa shape index (κ2) is 6.84. The molecule has 0 aliphatic rings. The summed E-state index contributed by atoms with van der Waals surface area (Å²) in [6, 6.07) is 6.29. The van der Waals surface area contributed by atoms with E-state index >= 15 is 0 Å². The third-order valence-electron chi connectivity index (χ3n) is 2.98. The predicted molar refractivity (Wildman–Crippen MR) is 80.4 cm³/mol. The number of nitrogens with one attached hydrogen (secondary N) is 1. The van der Waals surface area contributed by atoms with Gasteiger partial charge < -0.3 is 4.74 Å². The quantitative estimate of drug-likeness (QED) is 0.676. The number of carbonyl (C=O) groups is 1. The zero-order valence-electron chi connectivity index (χ0n) is 12.6. The highest BCUT2D eigenvalue weighted by Crippen LogP contribution is 2.16. The number of aromatic nitrogens is 2. The fraction of sp³-hybridized carbons (Fsp3) is 0.267. The van der Waals surface area contributed by atoms with Crippen molar-refractivity contribution >= 4 is 12.1 Å². The van der Waals surface area contributed by atoms with Gasteiger partial charge in [-0.2, -0.15) is 10.2 Å². The minimum Gasteiger partial charge on any atom is -0.494 e. The summed E-state index contributed by atoms with van der Waals surface area (Å²) in [5.74, 6) is -0.637. The van der Waals surface area contributed by atoms with Gasteiger partial charge in [0.05, 0.1) is 19.0 Å². The third-order valence-corrected chi connectivity index (χ3v) is 2.98. The molecule has 1 heterocycles. The Morgan fingerprint density at radius 1 is 1.45 bits per heavy atom. The number of hydrazone groups is 1. The molecule has 0 fully saturated rings. The maximum atomic E-state index is 13.5. The lowest BCUT2D eigenvalue weighted by atomic mass is 10.2. The molecule has 0 saturated heterocycles. The third kappa shape index (κ3) is 3.91. The minimum atomic E-state index is -0.486. The summed E-state index contributed by atoms with van der Waals surface area (Å²) in [7, 11) is 1.39. The first kappa shape index (κ1) is 15.7. The second-order valence-electron chi connectivity index (χ2n) is 4.77. The number of halogens is 1. The Morgan fingerprint density at radius 2 is 2.23 bits per heavy atom. The largest absolute Gasteiger partial charge is 0.494 e. The molecule has 1 amide bonds. The van der Waals surface area contributed by atoms with Crippen LogP contribution in [0.2, 0.25) is 0 Å². The standard InChI is InChI=1S/C15H17FN4O2/c1-10-6-11(2)20(19-10)9-15(21)18-17-8-12-4-5-14(22-3)13(16)7-12/h4-8H,9H2,1-3H3,(H,18,21)/b17-8-. The van der Waals surface area contributed by atoms with Crippen molar-refractivity contribution in [3.05, 3.63) is 47.0 Å². The van der Waals surface area contributed by atoms with Crippen molar-refractivity contribution in [3.63, 3.8) is 0 Å². The van der Waals surface area contributed by atoms with Crippen LogP contribution in [0.25, 0.3) is 0 Å². The van der Waals surface area contributed by atoms with Crippen LogP contribution in [0.1, 0.15) is 17.0 Å². The van der Waals surface area contributed by atoms with E-state index < -0.39 is 5.82 Å². The molecule has 2 aromatic rings. The lowest BCUT2D eigenvalue weighted by molar-refractivity contribution is -0.121. The predicted octanol–water partition coefficient (Wildman–Crippen LogP) is 1.80. The van der Waals surface area contributed by atoms with E-state index in [1.807, 2.05) is 19.9 Å². The van der Waals surface area contributed by atoms with Gasteiger partial charge in [-0.3, -0.25) is 9.48 Å². The number of ether oxygens (including phenoxy) is 1. The summed E-state index contributed by atoms with van der Waals surface area (Å²) in [5.41, 5.74) is 4.65. The van der Waals surface area contributed by atoms with Gasteiger partial charge in [0, 0.05) is 5.69 Å². The maximum absolute atomic E-state index is 13.5. The monoisotopic (exact) mass is 304 g/mol. The highest BCUT2D eigenvalue weighted by Gasteiger charge is 2.06. The summed E-state index contributed by atoms with van der Waals surface area (Å²) in [6.07, 6.45) is 1.36. The van der Waals surface area contributed by atoms with E-state index in [-0.39, 0.29) is 18.2 Å². The molecule has 22 heavy (non-hydrogen) atoms. The number of hydrogen-bond donors (Lipinski definition) is 1. The summed E-state index contributed by atoms with van der Waals surface area (Å²) in [6.45, 7) is 3.81. The Hall–Kier alpha value is -2.70. The van der Waals surface area contributed by atoms with Gasteiger partial charge in [0.15, 0.2) is 11.6 Å². The molecular weight excluding hydrogens is 287 g/mol. The molecule has 0 saturated carbocycles. The van der Waals surface area contributed by atoms with Gasteiger partial charge in [0.25, 0.3) is 5.91 Å². The number of rotatable bonds is 5. The molecule has 0 spiro atoms. The summed E-state index contributed by atoms with van der Waals surface area (Å²) in [5, 5.41) is 7.99. The fourth-order valence-electron chi connectivity index (χ4n) is 1.95. The molecular formula is C15H17FN4O2. The zero-order valence-corrected chi connectivity index (χ0v) is 12.6. The maximum Gasteiger partial charge on any atom is 0.261 e. The number of aryl methyl sites for hydroxylation is 2. The van der Waals surface area contributed by atoms with Crippen LogP contribution in [0.5, 0.6) is 5.75 Å². The Morgan fingerprint density at radius 3 is 2.82 bits per heavy atom. The van der Waals surface area contributed by atoms with E-state index in [9.17, 15) is 9.18 Å². The van der Waals surface area contributed by atoms with Crippen molar-refractivity contribution in [1.82, 2.24) is 15.2 Å². The van der Waals surface area contributed by atoms with Gasteiger partial charge in [-0.25, -0.2) is 9.82 Å². The smallest absolute Gasteiger partial charge is 0.261 e. The van der Waals surface area contributed by atoms with Crippen molar-refractivity contribution in [2.75, 3.05) is 7.11 Å². The average molecular weight is 304 g/mol. The number of hydrogen-bond acceptors (Lipinski definition) is 4. The highest BCUT2D eigenvalue weighted by molar-refractivity contribution is 5.82. The minimum absolute atomic E-state index is 0.0774. The number of methoxy groups -OCH3 is 1. The summed E-state index contributed by atoms with van der Waals surface area (Å²) >= 11 is 0. The molecule has 1 aromatic heterocycles. The van der Waals surface area contributed by atoms with Gasteiger partial charge in [-0.15, -0.1) is 0 Å². The van der Waals surface area contributed by atoms with Crippen molar-refractivity contribution in [1.29, 1.82) is 0 Å². The Labute approximate surface area is 127 Å². The van der Waals surface area contributed by atoms with E-state index in [1.54, 1.807) is 10.7 Å². The molecule has 0 atom stereocenters. The number of amides is 1. The first-order valence-corrected chi connectivity index (χ1v) is 6.66. The van der Waals surface area contributed by atoms with E-state index in [1.165, 1.54) is 25.5 Å². The number of nitrogens with zero attached hydrogens (tertiary/aromatic N) is 3. The normalized spacial score (nSPS) is 10.9. The molecule has 1 N–H and O–H groups in total. The first-order chi connectivity index (χ1) is 10.5. The number of benzene rings is 1. The van der Waals surface area contributed by atoms with Gasteiger partial charge in [-0.1, -0.05) is 0 Å². The van der Waals surface area contributed by atoms with Crippen LogP contribution in [0.4, 0.5) is 4.39 Å². The zero-order chi connectivity index (χ0) is 16.1. The first-order valence-electron chi connectivity index (χ1n) is 6.66. The van der Waals surface area contributed by atoms with Gasteiger partial charge in [0.2, 0.25) is 0 Å². The average Bonchev–Trinajstić information content (AvgIpc) is 2.77. The molecule has 6 nitrogen and oxygen atoms in total. The Bertz CT molecular complexity index is 710. The van der Waals surface area contributed by atoms with Crippen LogP contribution in [0, 0.1) is 19.7 Å². The van der Waals surface area contributed by atoms with Crippen molar-refractivity contribution in [2.24, 2.45) is 5.10 Å². The van der Waals surface area contributed by atoms with Crippen LogP contribution in [-0.4, -0.2) is 29.0 Å². The fourth-order valence-corrected chi connectivity index (χ4v) is 1.95. The SMILES string of the molecule is COc1ccc(/C=N\NC(=O)Cn2nc(C)cc2C)cc1F. The van der Waals surface area contributed by atoms with Crippen LogP contribution in [0.3, 0.4) is 0 Å². The topological polar surface area (TPSA) is 68.5 Å². The van der Waals surface area contributed by atoms with Crippen LogP contribution in [0.15, 0.2) is 29.4 Å². The molecule has 116 valence electrons. The molecule has 7 heteroatoms. The van der Waals surface area contributed by atoms with E-state index in [0.29, 0.717) is 5.56 Å². The van der Waals surface area contributed by atoms with E-state index in [2.05, 4.69) is 15.6 Å². The molecule has 2 rings (SSSR count). The second-order valence-corrected chi connectivity index (χ2v) is 4.77. The summed E-state index contributed by atoms with van der Waals surface area (Å²) < 4.78 is 19.9. The molecule has 0 aliphatic carbocycles. The highest BCUT2D eigenvalue weighted by atomic mass is 19.1. The molecule has 0 bridgehead atoms. The van der Waals surface area contributed by atoms with Crippen molar-refractivity contribution in [2.45, 2.75) is 20.4 Å². The molecule has 0 unspecified atom stereocenters. The summed E-state index contributed by atoms with van der Waals surface area (Å²) in [4.78, 5) is 11.8. The lowest BCUT2D eigenvalue weighted by Crippen LogP contribution is -2.24. The van der Waals surface area contributed by atoms with Gasteiger partial charge >= 0.3 is 0 Å². The van der Waals surface area contributed by atoms with E-state index in [4.69, 9.17) is 4.74 Å². The lowest BCUT2D eigenvalue weighted by Gasteiger charge is -2.03. The number of carbonyl (C=O) groups excluding carboxylic acids is 1. The molecule has 0 radical (unpaired) electrons. The van der Waals surface area contributed by atoms with Crippen molar-refractivity contribution in [3.8, 4) is 5.75 Å².